The second-order valence-corrected chi connectivity index (χ2v) is 6.46. The van der Waals surface area contributed by atoms with Gasteiger partial charge in [0.05, 0.1) is 7.11 Å². The third-order valence-corrected chi connectivity index (χ3v) is 4.41. The molecule has 0 unspecified atom stereocenters. The van der Waals surface area contributed by atoms with Crippen molar-refractivity contribution < 1.29 is 13.5 Å². The third kappa shape index (κ3) is 7.17. The maximum absolute atomic E-state index is 13.7. The summed E-state index contributed by atoms with van der Waals surface area (Å²) in [7, 11) is 3.10. The van der Waals surface area contributed by atoms with Crippen molar-refractivity contribution in [2.75, 3.05) is 20.4 Å². The summed E-state index contributed by atoms with van der Waals surface area (Å²) in [5, 5.41) is 6.34. The number of guanidine groups is 1. The number of nitrogens with zero attached hydrogens (tertiary/aromatic N) is 1. The van der Waals surface area contributed by atoms with Crippen LogP contribution < -0.4 is 15.4 Å². The second kappa shape index (κ2) is 12.0. The average Bonchev–Trinajstić information content (AvgIpc) is 2.63. The van der Waals surface area contributed by atoms with Crippen molar-refractivity contribution in [3.63, 3.8) is 0 Å². The third-order valence-electron chi connectivity index (χ3n) is 3.81. The van der Waals surface area contributed by atoms with E-state index in [2.05, 4.69) is 15.6 Å². The monoisotopic (exact) mass is 507 g/mol. The van der Waals surface area contributed by atoms with Crippen LogP contribution in [0, 0.1) is 11.6 Å². The predicted molar refractivity (Wildman–Crippen MR) is 119 cm³/mol. The molecule has 0 aliphatic heterocycles. The zero-order valence-corrected chi connectivity index (χ0v) is 18.7. The van der Waals surface area contributed by atoms with Gasteiger partial charge in [-0.3, -0.25) is 4.99 Å². The number of rotatable bonds is 7. The number of benzene rings is 2. The van der Waals surface area contributed by atoms with E-state index in [9.17, 15) is 8.78 Å². The Labute approximate surface area is 180 Å². The molecule has 4 nitrogen and oxygen atoms in total. The number of aliphatic imine (C=N–C) groups is 1. The molecule has 0 aliphatic rings. The van der Waals surface area contributed by atoms with Gasteiger partial charge >= 0.3 is 0 Å². The fourth-order valence-corrected chi connectivity index (χ4v) is 3.04. The SMILES string of the molecule is CN=C(NCc1ccc(OC)c(F)c1)NCc1ccc(F)cc1CSC.I. The van der Waals surface area contributed by atoms with Gasteiger partial charge in [-0.25, -0.2) is 8.78 Å². The fourth-order valence-electron chi connectivity index (χ4n) is 2.46. The first-order chi connectivity index (χ1) is 12.6. The van der Waals surface area contributed by atoms with E-state index in [1.165, 1.54) is 19.2 Å². The Morgan fingerprint density at radius 1 is 1.07 bits per heavy atom. The fraction of sp³-hybridized carbons (Fsp3) is 0.316. The van der Waals surface area contributed by atoms with Crippen molar-refractivity contribution in [3.8, 4) is 5.75 Å². The lowest BCUT2D eigenvalue weighted by atomic mass is 10.1. The van der Waals surface area contributed by atoms with Crippen LogP contribution in [0.15, 0.2) is 41.4 Å². The molecule has 0 saturated heterocycles. The molecule has 0 saturated carbocycles. The highest BCUT2D eigenvalue weighted by molar-refractivity contribution is 14.0. The molecule has 0 aromatic heterocycles. The summed E-state index contributed by atoms with van der Waals surface area (Å²) in [6.45, 7) is 0.939. The molecule has 0 spiro atoms. The number of thioether (sulfide) groups is 1. The van der Waals surface area contributed by atoms with Crippen molar-refractivity contribution >= 4 is 41.7 Å². The number of ether oxygens (including phenoxy) is 1. The van der Waals surface area contributed by atoms with E-state index >= 15 is 0 Å². The highest BCUT2D eigenvalue weighted by Crippen LogP contribution is 2.18. The molecule has 0 atom stereocenters. The van der Waals surface area contributed by atoms with Gasteiger partial charge in [-0.1, -0.05) is 12.1 Å². The summed E-state index contributed by atoms with van der Waals surface area (Å²) < 4.78 is 32.1. The van der Waals surface area contributed by atoms with E-state index in [0.29, 0.717) is 19.0 Å². The molecule has 0 amide bonds. The van der Waals surface area contributed by atoms with Crippen molar-refractivity contribution in [1.29, 1.82) is 0 Å². The predicted octanol–water partition coefficient (Wildman–Crippen LogP) is 4.32. The van der Waals surface area contributed by atoms with Crippen LogP contribution in [0.25, 0.3) is 0 Å². The Morgan fingerprint density at radius 2 is 1.81 bits per heavy atom. The Hall–Kier alpha value is -1.55. The molecule has 0 heterocycles. The van der Waals surface area contributed by atoms with E-state index < -0.39 is 5.82 Å². The van der Waals surface area contributed by atoms with Gasteiger partial charge in [0.2, 0.25) is 0 Å². The summed E-state index contributed by atoms with van der Waals surface area (Å²) in [6, 6.07) is 9.60. The summed E-state index contributed by atoms with van der Waals surface area (Å²) >= 11 is 1.64. The van der Waals surface area contributed by atoms with Crippen molar-refractivity contribution in [2.45, 2.75) is 18.8 Å². The summed E-state index contributed by atoms with van der Waals surface area (Å²) in [6.07, 6.45) is 1.98. The van der Waals surface area contributed by atoms with Crippen molar-refractivity contribution in [1.82, 2.24) is 10.6 Å². The molecule has 27 heavy (non-hydrogen) atoms. The first-order valence-corrected chi connectivity index (χ1v) is 9.50. The number of hydrogen-bond acceptors (Lipinski definition) is 3. The Balaban J connectivity index is 0.00000364. The molecule has 0 aliphatic carbocycles. The standard InChI is InChI=1S/C19H23F2N3OS.HI/c1-22-19(23-10-13-4-7-18(25-2)17(21)8-13)24-11-14-5-6-16(20)9-15(14)12-26-3;/h4-9H,10-12H2,1-3H3,(H2,22,23,24);1H. The minimum Gasteiger partial charge on any atom is -0.494 e. The smallest absolute Gasteiger partial charge is 0.191 e. The number of hydrogen-bond donors (Lipinski definition) is 2. The first-order valence-electron chi connectivity index (χ1n) is 8.10. The highest BCUT2D eigenvalue weighted by atomic mass is 127. The maximum Gasteiger partial charge on any atom is 0.191 e. The van der Waals surface area contributed by atoms with Crippen LogP contribution in [0.4, 0.5) is 8.78 Å². The summed E-state index contributed by atoms with van der Waals surface area (Å²) in [4.78, 5) is 4.16. The molecule has 2 N–H and O–H groups in total. The van der Waals surface area contributed by atoms with Crippen LogP contribution in [0.1, 0.15) is 16.7 Å². The second-order valence-electron chi connectivity index (χ2n) is 5.59. The Kier molecular flexibility index (Phi) is 10.5. The number of nitrogens with one attached hydrogen (secondary N) is 2. The molecule has 2 aromatic carbocycles. The summed E-state index contributed by atoms with van der Waals surface area (Å²) in [5.41, 5.74) is 2.74. The zero-order chi connectivity index (χ0) is 18.9. The number of methoxy groups -OCH3 is 1. The van der Waals surface area contributed by atoms with Crippen LogP contribution in [0.5, 0.6) is 5.75 Å². The van der Waals surface area contributed by atoms with Crippen molar-refractivity contribution in [3.05, 3.63) is 64.7 Å². The van der Waals surface area contributed by atoms with Crippen LogP contribution in [0.3, 0.4) is 0 Å². The van der Waals surface area contributed by atoms with Gasteiger partial charge in [0.15, 0.2) is 17.5 Å². The van der Waals surface area contributed by atoms with E-state index in [-0.39, 0.29) is 35.5 Å². The molecule has 0 radical (unpaired) electrons. The summed E-state index contributed by atoms with van der Waals surface area (Å²) in [5.74, 6) is 0.908. The normalized spacial score (nSPS) is 10.9. The van der Waals surface area contributed by atoms with E-state index in [1.807, 2.05) is 6.26 Å². The van der Waals surface area contributed by atoms with Crippen LogP contribution in [-0.2, 0) is 18.8 Å². The van der Waals surface area contributed by atoms with Crippen LogP contribution >= 0.6 is 35.7 Å². The van der Waals surface area contributed by atoms with E-state index in [1.54, 1.807) is 43.1 Å². The lowest BCUT2D eigenvalue weighted by Crippen LogP contribution is -2.36. The first kappa shape index (κ1) is 23.5. The van der Waals surface area contributed by atoms with Gasteiger partial charge in [-0.05, 0) is 47.2 Å². The zero-order valence-electron chi connectivity index (χ0n) is 15.5. The number of halogens is 3. The van der Waals surface area contributed by atoms with Gasteiger partial charge in [-0.2, -0.15) is 11.8 Å². The van der Waals surface area contributed by atoms with Crippen LogP contribution in [0.2, 0.25) is 0 Å². The van der Waals surface area contributed by atoms with E-state index in [4.69, 9.17) is 4.74 Å². The largest absolute Gasteiger partial charge is 0.494 e. The lowest BCUT2D eigenvalue weighted by molar-refractivity contribution is 0.386. The minimum atomic E-state index is -0.400. The molecule has 8 heteroatoms. The molecule has 148 valence electrons. The molecule has 2 rings (SSSR count). The van der Waals surface area contributed by atoms with Gasteiger partial charge in [-0.15, -0.1) is 24.0 Å². The van der Waals surface area contributed by atoms with Gasteiger partial charge in [0.25, 0.3) is 0 Å². The van der Waals surface area contributed by atoms with Gasteiger partial charge < -0.3 is 15.4 Å². The Morgan fingerprint density at radius 3 is 2.44 bits per heavy atom. The van der Waals surface area contributed by atoms with E-state index in [0.717, 1.165) is 22.4 Å². The lowest BCUT2D eigenvalue weighted by Gasteiger charge is -2.14. The molecule has 0 fully saturated rings. The Bertz CT molecular complexity index is 775. The van der Waals surface area contributed by atoms with Crippen molar-refractivity contribution in [2.24, 2.45) is 4.99 Å². The maximum atomic E-state index is 13.7. The van der Waals surface area contributed by atoms with Gasteiger partial charge in [0.1, 0.15) is 5.82 Å². The molecular formula is C19H24F2IN3OS. The topological polar surface area (TPSA) is 45.7 Å². The molecular weight excluding hydrogens is 483 g/mol. The molecule has 2 aromatic rings. The average molecular weight is 507 g/mol. The molecule has 0 bridgehead atoms. The minimum absolute atomic E-state index is 0. The van der Waals surface area contributed by atoms with Gasteiger partial charge in [0, 0.05) is 25.9 Å². The highest BCUT2D eigenvalue weighted by Gasteiger charge is 2.07. The quantitative estimate of drug-likeness (QED) is 0.333. The van der Waals surface area contributed by atoms with Crippen LogP contribution in [-0.4, -0.2) is 26.4 Å².